The number of rotatable bonds is 5. The summed E-state index contributed by atoms with van der Waals surface area (Å²) in [4.78, 5) is 36.9. The molecule has 4 aromatic rings. The molecule has 2 N–H and O–H groups in total. The monoisotopic (exact) mass is 403 g/mol. The summed E-state index contributed by atoms with van der Waals surface area (Å²) < 4.78 is 2.43. The Bertz CT molecular complexity index is 1320. The molecule has 9 nitrogen and oxygen atoms in total. The van der Waals surface area contributed by atoms with Gasteiger partial charge in [0.15, 0.2) is 5.69 Å². The van der Waals surface area contributed by atoms with Gasteiger partial charge in [-0.1, -0.05) is 36.4 Å². The Morgan fingerprint density at radius 2 is 1.67 bits per heavy atom. The summed E-state index contributed by atoms with van der Waals surface area (Å²) in [5.41, 5.74) is 0.625. The van der Waals surface area contributed by atoms with Crippen molar-refractivity contribution < 1.29 is 14.7 Å². The Kier molecular flexibility index (Phi) is 4.85. The molecule has 0 radical (unpaired) electrons. The van der Waals surface area contributed by atoms with E-state index in [0.29, 0.717) is 11.5 Å². The topological polar surface area (TPSA) is 119 Å². The zero-order valence-corrected chi connectivity index (χ0v) is 15.9. The first-order valence-corrected chi connectivity index (χ1v) is 9.09. The second-order valence-electron chi connectivity index (χ2n) is 6.63. The first-order valence-electron chi connectivity index (χ1n) is 9.09. The largest absolute Gasteiger partial charge is 0.476 e. The molecule has 0 aliphatic carbocycles. The summed E-state index contributed by atoms with van der Waals surface area (Å²) in [6.45, 7) is 1.35. The lowest BCUT2D eigenvalue weighted by Crippen LogP contribution is -2.31. The number of anilines is 1. The molecule has 0 bridgehead atoms. The number of nitrogens with one attached hydrogen (secondary N) is 1. The fraction of sp³-hybridized carbons (Fsp3) is 0.0952. The predicted octanol–water partition coefficient (Wildman–Crippen LogP) is 2.23. The van der Waals surface area contributed by atoms with Gasteiger partial charge in [-0.2, -0.15) is 10.2 Å². The molecular formula is C21H17N5O4. The van der Waals surface area contributed by atoms with Gasteiger partial charge in [0.1, 0.15) is 12.4 Å². The van der Waals surface area contributed by atoms with Gasteiger partial charge in [-0.3, -0.25) is 9.59 Å². The van der Waals surface area contributed by atoms with Crippen LogP contribution in [0.25, 0.3) is 16.5 Å². The molecular weight excluding hydrogens is 386 g/mol. The molecule has 2 aromatic heterocycles. The van der Waals surface area contributed by atoms with E-state index >= 15 is 0 Å². The minimum absolute atomic E-state index is 0.183. The Labute approximate surface area is 170 Å². The van der Waals surface area contributed by atoms with E-state index in [4.69, 9.17) is 0 Å². The first kappa shape index (κ1) is 19.1. The Morgan fingerprint density at radius 3 is 2.37 bits per heavy atom. The molecule has 4 rings (SSSR count). The normalized spacial score (nSPS) is 10.8. The molecule has 0 spiro atoms. The third-order valence-electron chi connectivity index (χ3n) is 4.46. The molecule has 9 heteroatoms. The molecule has 30 heavy (non-hydrogen) atoms. The van der Waals surface area contributed by atoms with Crippen molar-refractivity contribution in [3.63, 3.8) is 0 Å². The Morgan fingerprint density at radius 1 is 1.00 bits per heavy atom. The van der Waals surface area contributed by atoms with Crippen LogP contribution >= 0.6 is 0 Å². The number of carbonyl (C=O) groups is 2. The molecule has 150 valence electrons. The number of aromatic nitrogens is 4. The third kappa shape index (κ3) is 3.55. The molecule has 0 saturated heterocycles. The summed E-state index contributed by atoms with van der Waals surface area (Å²) in [6, 6.07) is 17.2. The molecule has 0 aliphatic heterocycles. The highest BCUT2D eigenvalue weighted by molar-refractivity contribution is 6.01. The molecule has 0 aliphatic rings. The van der Waals surface area contributed by atoms with Crippen LogP contribution in [0, 0.1) is 6.92 Å². The molecule has 2 heterocycles. The molecule has 0 saturated carbocycles. The molecule has 1 amide bonds. The summed E-state index contributed by atoms with van der Waals surface area (Å²) in [6.07, 6.45) is 0. The SMILES string of the molecule is Cc1cc(NC(=O)Cn2nc(C(=O)O)c3ccccc3c2=O)n(-c2ccccc2)n1. The van der Waals surface area contributed by atoms with Gasteiger partial charge >= 0.3 is 5.97 Å². The van der Waals surface area contributed by atoms with Crippen molar-refractivity contribution >= 4 is 28.5 Å². The maximum Gasteiger partial charge on any atom is 0.357 e. The second-order valence-corrected chi connectivity index (χ2v) is 6.63. The molecule has 2 aromatic carbocycles. The average molecular weight is 403 g/mol. The number of carboxylic acids is 1. The van der Waals surface area contributed by atoms with E-state index in [1.54, 1.807) is 29.8 Å². The second kappa shape index (κ2) is 7.63. The number of nitrogens with zero attached hydrogens (tertiary/aromatic N) is 4. The molecule has 0 unspecified atom stereocenters. The van der Waals surface area contributed by atoms with Crippen LogP contribution in [0.15, 0.2) is 65.5 Å². The number of amides is 1. The smallest absolute Gasteiger partial charge is 0.357 e. The number of carboxylic acid groups (broad SMARTS) is 1. The lowest BCUT2D eigenvalue weighted by atomic mass is 10.1. The van der Waals surface area contributed by atoms with Gasteiger partial charge in [0, 0.05) is 11.5 Å². The summed E-state index contributed by atoms with van der Waals surface area (Å²) in [5.74, 6) is -1.39. The van der Waals surface area contributed by atoms with Crippen molar-refractivity contribution in [3.8, 4) is 5.69 Å². The van der Waals surface area contributed by atoms with E-state index < -0.39 is 24.0 Å². The van der Waals surface area contributed by atoms with Crippen molar-refractivity contribution in [1.29, 1.82) is 0 Å². The Balaban J connectivity index is 1.66. The van der Waals surface area contributed by atoms with Crippen LogP contribution in [0.1, 0.15) is 16.2 Å². The standard InChI is InChI=1S/C21H17N5O4/c1-13-11-17(26(23-13)14-7-3-2-4-8-14)22-18(27)12-25-20(28)16-10-6-5-9-15(16)19(24-25)21(29)30/h2-11H,12H2,1H3,(H,22,27)(H,29,30). The van der Waals surface area contributed by atoms with Crippen LogP contribution in [-0.4, -0.2) is 36.5 Å². The number of hydrogen-bond donors (Lipinski definition) is 2. The van der Waals surface area contributed by atoms with Gasteiger partial charge in [-0.05, 0) is 25.1 Å². The highest BCUT2D eigenvalue weighted by Gasteiger charge is 2.18. The van der Waals surface area contributed by atoms with E-state index in [1.165, 1.54) is 12.1 Å². The number of para-hydroxylation sites is 1. The number of aryl methyl sites for hydroxylation is 1. The van der Waals surface area contributed by atoms with E-state index in [1.807, 2.05) is 30.3 Å². The van der Waals surface area contributed by atoms with Crippen LogP contribution in [-0.2, 0) is 11.3 Å². The van der Waals surface area contributed by atoms with E-state index in [-0.39, 0.29) is 16.5 Å². The van der Waals surface area contributed by atoms with Crippen LogP contribution < -0.4 is 10.9 Å². The fourth-order valence-corrected chi connectivity index (χ4v) is 3.17. The fourth-order valence-electron chi connectivity index (χ4n) is 3.17. The summed E-state index contributed by atoms with van der Waals surface area (Å²) >= 11 is 0. The number of aromatic carboxylic acids is 1. The number of hydrogen-bond acceptors (Lipinski definition) is 5. The number of carbonyl (C=O) groups excluding carboxylic acids is 1. The maximum absolute atomic E-state index is 12.7. The quantitative estimate of drug-likeness (QED) is 0.527. The minimum Gasteiger partial charge on any atom is -0.476 e. The summed E-state index contributed by atoms with van der Waals surface area (Å²) in [7, 11) is 0. The lowest BCUT2D eigenvalue weighted by molar-refractivity contribution is -0.117. The molecule has 0 fully saturated rings. The maximum atomic E-state index is 12.7. The van der Waals surface area contributed by atoms with Gasteiger partial charge in [0.2, 0.25) is 5.91 Å². The predicted molar refractivity (Wildman–Crippen MR) is 110 cm³/mol. The average Bonchev–Trinajstić information content (AvgIpc) is 3.10. The van der Waals surface area contributed by atoms with Crippen LogP contribution in [0.4, 0.5) is 5.82 Å². The zero-order chi connectivity index (χ0) is 21.3. The lowest BCUT2D eigenvalue weighted by Gasteiger charge is -2.11. The van der Waals surface area contributed by atoms with E-state index in [9.17, 15) is 19.5 Å². The number of benzene rings is 2. The van der Waals surface area contributed by atoms with Gasteiger partial charge in [0.05, 0.1) is 16.8 Å². The third-order valence-corrected chi connectivity index (χ3v) is 4.46. The summed E-state index contributed by atoms with van der Waals surface area (Å²) in [5, 5.41) is 20.8. The first-order chi connectivity index (χ1) is 14.4. The van der Waals surface area contributed by atoms with E-state index in [0.717, 1.165) is 10.4 Å². The van der Waals surface area contributed by atoms with Crippen molar-refractivity contribution in [2.75, 3.05) is 5.32 Å². The van der Waals surface area contributed by atoms with Crippen LogP contribution in [0.5, 0.6) is 0 Å². The minimum atomic E-state index is -1.28. The van der Waals surface area contributed by atoms with Crippen LogP contribution in [0.3, 0.4) is 0 Å². The zero-order valence-electron chi connectivity index (χ0n) is 15.9. The molecule has 0 atom stereocenters. The van der Waals surface area contributed by atoms with Crippen molar-refractivity contribution in [2.24, 2.45) is 0 Å². The Hall–Kier alpha value is -4.27. The van der Waals surface area contributed by atoms with Gasteiger partial charge in [-0.25, -0.2) is 14.2 Å². The number of fused-ring (bicyclic) bond motifs is 1. The highest BCUT2D eigenvalue weighted by Crippen LogP contribution is 2.17. The van der Waals surface area contributed by atoms with Gasteiger partial charge in [0.25, 0.3) is 5.56 Å². The van der Waals surface area contributed by atoms with Crippen LogP contribution in [0.2, 0.25) is 0 Å². The highest BCUT2D eigenvalue weighted by atomic mass is 16.4. The van der Waals surface area contributed by atoms with Crippen molar-refractivity contribution in [3.05, 3.63) is 82.4 Å². The van der Waals surface area contributed by atoms with E-state index in [2.05, 4.69) is 15.5 Å². The van der Waals surface area contributed by atoms with Crippen molar-refractivity contribution in [2.45, 2.75) is 13.5 Å². The van der Waals surface area contributed by atoms with Gasteiger partial charge < -0.3 is 10.4 Å². The van der Waals surface area contributed by atoms with Gasteiger partial charge in [-0.15, -0.1) is 0 Å². The van der Waals surface area contributed by atoms with Crippen molar-refractivity contribution in [1.82, 2.24) is 19.6 Å².